The Labute approximate surface area is 183 Å². The van der Waals surface area contributed by atoms with Gasteiger partial charge < -0.3 is 15.5 Å². The highest BCUT2D eigenvalue weighted by Crippen LogP contribution is 2.19. The number of fused-ring (bicyclic) bond motifs is 1. The van der Waals surface area contributed by atoms with Crippen molar-refractivity contribution in [1.82, 2.24) is 15.5 Å². The summed E-state index contributed by atoms with van der Waals surface area (Å²) in [5, 5.41) is 8.52. The number of likely N-dealkylation sites (N-methyl/N-ethyl adjacent to an activating group) is 1. The molecular formula is C26H29N3O2. The van der Waals surface area contributed by atoms with Crippen molar-refractivity contribution >= 4 is 22.6 Å². The first-order chi connectivity index (χ1) is 15.2. The van der Waals surface area contributed by atoms with Crippen LogP contribution in [0, 0.1) is 0 Å². The number of nitrogens with zero attached hydrogens (tertiary/aromatic N) is 1. The molecule has 0 radical (unpaired) electrons. The van der Waals surface area contributed by atoms with Gasteiger partial charge in [0.25, 0.3) is 0 Å². The second-order valence-electron chi connectivity index (χ2n) is 8.11. The fourth-order valence-electron chi connectivity index (χ4n) is 4.29. The van der Waals surface area contributed by atoms with Crippen molar-refractivity contribution in [3.8, 4) is 0 Å². The van der Waals surface area contributed by atoms with Crippen LogP contribution in [0.3, 0.4) is 0 Å². The summed E-state index contributed by atoms with van der Waals surface area (Å²) < 4.78 is 0. The molecule has 0 saturated carbocycles. The minimum Gasteiger partial charge on any atom is -0.354 e. The van der Waals surface area contributed by atoms with E-state index in [0.717, 1.165) is 17.5 Å². The molecule has 4 rings (SSSR count). The van der Waals surface area contributed by atoms with E-state index in [9.17, 15) is 9.59 Å². The zero-order chi connectivity index (χ0) is 21.6. The van der Waals surface area contributed by atoms with Crippen molar-refractivity contribution in [1.29, 1.82) is 0 Å². The largest absolute Gasteiger partial charge is 0.354 e. The van der Waals surface area contributed by atoms with Crippen LogP contribution in [-0.4, -0.2) is 48.9 Å². The van der Waals surface area contributed by atoms with Gasteiger partial charge in [0.05, 0.1) is 6.04 Å². The van der Waals surface area contributed by atoms with Gasteiger partial charge in [-0.1, -0.05) is 72.8 Å². The molecule has 0 unspecified atom stereocenters. The molecule has 0 spiro atoms. The third kappa shape index (κ3) is 4.94. The molecule has 31 heavy (non-hydrogen) atoms. The summed E-state index contributed by atoms with van der Waals surface area (Å²) in [5.74, 6) is -0.0936. The topological polar surface area (TPSA) is 61.4 Å². The van der Waals surface area contributed by atoms with E-state index in [4.69, 9.17) is 0 Å². The molecule has 1 fully saturated rings. The number of rotatable bonds is 6. The van der Waals surface area contributed by atoms with Crippen LogP contribution in [0.2, 0.25) is 0 Å². The molecule has 1 heterocycles. The highest BCUT2D eigenvalue weighted by atomic mass is 16.2. The Hall–Kier alpha value is -3.18. The lowest BCUT2D eigenvalue weighted by molar-refractivity contribution is -0.141. The standard InChI is InChI=1S/C26H29N3O2/c1-27-23(17-20-12-13-21-10-5-6-11-22(21)16-20)26(31)29-15-7-14-28-25(30)24(29)18-19-8-3-2-4-9-19/h2-6,8-13,16,23-24,27H,7,14-15,17-18H2,1H3,(H,28,30)/t23-,24-/m1/s1. The number of nitrogens with one attached hydrogen (secondary N) is 2. The monoisotopic (exact) mass is 415 g/mol. The van der Waals surface area contributed by atoms with Crippen molar-refractivity contribution in [3.05, 3.63) is 83.9 Å². The highest BCUT2D eigenvalue weighted by Gasteiger charge is 2.34. The average Bonchev–Trinajstić information content (AvgIpc) is 2.99. The lowest BCUT2D eigenvalue weighted by Gasteiger charge is -2.32. The molecular weight excluding hydrogens is 386 g/mol. The molecule has 2 atom stereocenters. The number of hydrogen-bond acceptors (Lipinski definition) is 3. The van der Waals surface area contributed by atoms with Crippen molar-refractivity contribution in [3.63, 3.8) is 0 Å². The molecule has 1 aliphatic heterocycles. The maximum atomic E-state index is 13.6. The molecule has 3 aromatic carbocycles. The summed E-state index contributed by atoms with van der Waals surface area (Å²) in [6, 6.07) is 23.6. The molecule has 5 heteroatoms. The Morgan fingerprint density at radius 3 is 2.55 bits per heavy atom. The lowest BCUT2D eigenvalue weighted by atomic mass is 9.99. The van der Waals surface area contributed by atoms with E-state index in [1.807, 2.05) is 49.5 Å². The van der Waals surface area contributed by atoms with Gasteiger partial charge in [-0.3, -0.25) is 9.59 Å². The molecule has 2 N–H and O–H groups in total. The molecule has 5 nitrogen and oxygen atoms in total. The quantitative estimate of drug-likeness (QED) is 0.651. The second-order valence-corrected chi connectivity index (χ2v) is 8.11. The van der Waals surface area contributed by atoms with E-state index in [1.165, 1.54) is 10.8 Å². The van der Waals surface area contributed by atoms with Gasteiger partial charge in [-0.25, -0.2) is 0 Å². The van der Waals surface area contributed by atoms with Crippen LogP contribution in [0.15, 0.2) is 72.8 Å². The van der Waals surface area contributed by atoms with E-state index in [1.54, 1.807) is 4.90 Å². The van der Waals surface area contributed by atoms with Crippen molar-refractivity contribution < 1.29 is 9.59 Å². The Morgan fingerprint density at radius 2 is 1.77 bits per heavy atom. The first kappa shape index (κ1) is 21.1. The molecule has 0 bridgehead atoms. The minimum atomic E-state index is -0.496. The van der Waals surface area contributed by atoms with Crippen molar-refractivity contribution in [2.75, 3.05) is 20.1 Å². The Kier molecular flexibility index (Phi) is 6.63. The first-order valence-corrected chi connectivity index (χ1v) is 10.9. The van der Waals surface area contributed by atoms with Gasteiger partial charge in [-0.15, -0.1) is 0 Å². The maximum Gasteiger partial charge on any atom is 0.243 e. The van der Waals surface area contributed by atoms with Gasteiger partial charge in [0.1, 0.15) is 6.04 Å². The van der Waals surface area contributed by atoms with Gasteiger partial charge in [0.15, 0.2) is 0 Å². The van der Waals surface area contributed by atoms with E-state index in [-0.39, 0.29) is 17.9 Å². The van der Waals surface area contributed by atoms with Gasteiger partial charge >= 0.3 is 0 Å². The second kappa shape index (κ2) is 9.75. The fraction of sp³-hybridized carbons (Fsp3) is 0.308. The van der Waals surface area contributed by atoms with Gasteiger partial charge in [-0.05, 0) is 41.8 Å². The molecule has 3 aromatic rings. The van der Waals surface area contributed by atoms with Gasteiger partial charge in [-0.2, -0.15) is 0 Å². The third-order valence-corrected chi connectivity index (χ3v) is 6.01. The van der Waals surface area contributed by atoms with E-state index < -0.39 is 6.04 Å². The SMILES string of the molecule is CN[C@H](Cc1ccc2ccccc2c1)C(=O)N1CCCNC(=O)[C@H]1Cc1ccccc1. The number of hydrogen-bond donors (Lipinski definition) is 2. The smallest absolute Gasteiger partial charge is 0.243 e. The summed E-state index contributed by atoms with van der Waals surface area (Å²) in [7, 11) is 1.81. The van der Waals surface area contributed by atoms with Crippen molar-refractivity contribution in [2.45, 2.75) is 31.3 Å². The van der Waals surface area contributed by atoms with Crippen molar-refractivity contribution in [2.24, 2.45) is 0 Å². The number of carbonyl (C=O) groups excluding carboxylic acids is 2. The fourth-order valence-corrected chi connectivity index (χ4v) is 4.29. The summed E-state index contributed by atoms with van der Waals surface area (Å²) in [6.45, 7) is 1.17. The maximum absolute atomic E-state index is 13.6. The highest BCUT2D eigenvalue weighted by molar-refractivity contribution is 5.91. The van der Waals surface area contributed by atoms with Crippen LogP contribution in [-0.2, 0) is 22.4 Å². The van der Waals surface area contributed by atoms with Gasteiger partial charge in [0.2, 0.25) is 11.8 Å². The summed E-state index contributed by atoms with van der Waals surface area (Å²) >= 11 is 0. The van der Waals surface area contributed by atoms with E-state index >= 15 is 0 Å². The van der Waals surface area contributed by atoms with E-state index in [2.05, 4.69) is 41.0 Å². The molecule has 0 aromatic heterocycles. The number of carbonyl (C=O) groups is 2. The third-order valence-electron chi connectivity index (χ3n) is 6.01. The van der Waals surface area contributed by atoms with Crippen LogP contribution < -0.4 is 10.6 Å². The predicted molar refractivity (Wildman–Crippen MR) is 124 cm³/mol. The van der Waals surface area contributed by atoms with Crippen LogP contribution in [0.5, 0.6) is 0 Å². The normalized spacial score (nSPS) is 17.8. The summed E-state index contributed by atoms with van der Waals surface area (Å²) in [5.41, 5.74) is 2.16. The predicted octanol–water partition coefficient (Wildman–Crippen LogP) is 2.93. The summed E-state index contributed by atoms with van der Waals surface area (Å²) in [4.78, 5) is 28.2. The van der Waals surface area contributed by atoms with E-state index in [0.29, 0.717) is 25.9 Å². The summed E-state index contributed by atoms with van der Waals surface area (Å²) in [6.07, 6.45) is 1.86. The zero-order valence-corrected chi connectivity index (χ0v) is 17.9. The Bertz CT molecular complexity index is 1050. The number of benzene rings is 3. The lowest BCUT2D eigenvalue weighted by Crippen LogP contribution is -2.54. The number of amides is 2. The van der Waals surface area contributed by atoms with Crippen LogP contribution >= 0.6 is 0 Å². The average molecular weight is 416 g/mol. The van der Waals surface area contributed by atoms with Crippen LogP contribution in [0.4, 0.5) is 0 Å². The molecule has 160 valence electrons. The first-order valence-electron chi connectivity index (χ1n) is 10.9. The molecule has 1 aliphatic rings. The molecule has 1 saturated heterocycles. The Morgan fingerprint density at radius 1 is 1.03 bits per heavy atom. The molecule has 0 aliphatic carbocycles. The van der Waals surface area contributed by atoms with Crippen LogP contribution in [0.25, 0.3) is 10.8 Å². The van der Waals surface area contributed by atoms with Gasteiger partial charge in [0, 0.05) is 19.5 Å². The minimum absolute atomic E-state index is 0.0198. The van der Waals surface area contributed by atoms with Crippen LogP contribution in [0.1, 0.15) is 17.5 Å². The zero-order valence-electron chi connectivity index (χ0n) is 17.9. The molecule has 2 amide bonds. The Balaban J connectivity index is 1.56.